The van der Waals surface area contributed by atoms with Crippen LogP contribution in [0.3, 0.4) is 0 Å². The van der Waals surface area contributed by atoms with Gasteiger partial charge in [-0.15, -0.1) is 0 Å². The van der Waals surface area contributed by atoms with E-state index in [2.05, 4.69) is 123 Å². The molecule has 0 aliphatic rings. The molecule has 170 valence electrons. The summed E-state index contributed by atoms with van der Waals surface area (Å²) in [5.74, 6) is 0. The molecule has 0 saturated heterocycles. The van der Waals surface area contributed by atoms with E-state index in [-0.39, 0.29) is 0 Å². The number of rotatable bonds is 3. The van der Waals surface area contributed by atoms with Crippen molar-refractivity contribution in [2.75, 3.05) is 0 Å². The second kappa shape index (κ2) is 9.97. The average Bonchev–Trinajstić information content (AvgIpc) is 3.17. The molecule has 0 aliphatic heterocycles. The normalized spacial score (nSPS) is 12.1. The zero-order chi connectivity index (χ0) is 24.2. The van der Waals surface area contributed by atoms with E-state index < -0.39 is 0 Å². The molecule has 1 nitrogen and oxygen atoms in total. The van der Waals surface area contributed by atoms with E-state index in [9.17, 15) is 0 Å². The maximum absolute atomic E-state index is 3.99. The van der Waals surface area contributed by atoms with Crippen LogP contribution in [-0.2, 0) is 0 Å². The Hall–Kier alpha value is -3.84. The van der Waals surface area contributed by atoms with Gasteiger partial charge < -0.3 is 4.57 Å². The number of hydrogen-bond donors (Lipinski definition) is 0. The summed E-state index contributed by atoms with van der Waals surface area (Å²) in [5, 5.41) is 6.18. The third-order valence-electron chi connectivity index (χ3n) is 6.17. The Bertz CT molecular complexity index is 1590. The van der Waals surface area contributed by atoms with E-state index in [0.717, 1.165) is 0 Å². The summed E-state index contributed by atoms with van der Waals surface area (Å²) in [5.41, 5.74) is 7.43. The molecule has 0 spiro atoms. The first-order valence-electron chi connectivity index (χ1n) is 12.1. The summed E-state index contributed by atoms with van der Waals surface area (Å²) in [6.07, 6.45) is 6.21. The van der Waals surface area contributed by atoms with E-state index in [4.69, 9.17) is 0 Å². The maximum atomic E-state index is 3.99. The van der Waals surface area contributed by atoms with Crippen molar-refractivity contribution in [3.63, 3.8) is 0 Å². The summed E-state index contributed by atoms with van der Waals surface area (Å²) in [7, 11) is 0. The van der Waals surface area contributed by atoms with Crippen molar-refractivity contribution < 1.29 is 0 Å². The topological polar surface area (TPSA) is 4.93 Å². The number of hydrogen-bond acceptors (Lipinski definition) is 0. The average molecular weight is 444 g/mol. The van der Waals surface area contributed by atoms with Crippen molar-refractivity contribution in [1.82, 2.24) is 4.57 Å². The van der Waals surface area contributed by atoms with Crippen LogP contribution >= 0.6 is 0 Å². The number of aromatic nitrogens is 1. The lowest BCUT2D eigenvalue weighted by Crippen LogP contribution is -2.28. The summed E-state index contributed by atoms with van der Waals surface area (Å²) in [6, 6.07) is 28.7. The van der Waals surface area contributed by atoms with Gasteiger partial charge in [0, 0.05) is 21.6 Å². The van der Waals surface area contributed by atoms with Gasteiger partial charge in [0.25, 0.3) is 0 Å². The first kappa shape index (κ1) is 23.3. The quantitative estimate of drug-likeness (QED) is 0.267. The molecule has 4 aromatic carbocycles. The van der Waals surface area contributed by atoms with Gasteiger partial charge in [-0.25, -0.2) is 0 Å². The molecule has 1 aromatic heterocycles. The Balaban J connectivity index is 0.00000133. The lowest BCUT2D eigenvalue weighted by atomic mass is 9.97. The molecule has 5 aromatic rings. The van der Waals surface area contributed by atoms with Crippen LogP contribution in [0.25, 0.3) is 50.6 Å². The van der Waals surface area contributed by atoms with Crippen LogP contribution in [0.15, 0.2) is 91.5 Å². The minimum absolute atomic E-state index is 1.19. The molecule has 0 N–H and O–H groups in total. The molecule has 0 atom stereocenters. The highest BCUT2D eigenvalue weighted by atomic mass is 15.0. The smallest absolute Gasteiger partial charge is 0.0541 e. The summed E-state index contributed by atoms with van der Waals surface area (Å²) in [4.78, 5) is 0. The first-order valence-corrected chi connectivity index (χ1v) is 12.1. The van der Waals surface area contributed by atoms with Crippen molar-refractivity contribution in [2.24, 2.45) is 0 Å². The SMILES string of the molecule is C=C/C=c1\c(=C/C)n(-c2cc(C)cc(C)c2)c2ccc(-c3cccc4ccccc34)cc12.CC. The molecule has 0 unspecified atom stereocenters. The number of allylic oxidation sites excluding steroid dienone is 1. The number of benzene rings is 4. The van der Waals surface area contributed by atoms with Gasteiger partial charge in [0.05, 0.1) is 5.52 Å². The molecule has 0 bridgehead atoms. The van der Waals surface area contributed by atoms with Crippen molar-refractivity contribution in [3.05, 3.63) is 113 Å². The van der Waals surface area contributed by atoms with Gasteiger partial charge in [0.1, 0.15) is 0 Å². The highest BCUT2D eigenvalue weighted by Crippen LogP contribution is 2.30. The third-order valence-corrected chi connectivity index (χ3v) is 6.17. The van der Waals surface area contributed by atoms with E-state index >= 15 is 0 Å². The Morgan fingerprint density at radius 2 is 1.47 bits per heavy atom. The molecule has 1 heteroatoms. The Morgan fingerprint density at radius 1 is 0.765 bits per heavy atom. The highest BCUT2D eigenvalue weighted by Gasteiger charge is 2.12. The predicted octanol–water partition coefficient (Wildman–Crippen LogP) is 7.86. The summed E-state index contributed by atoms with van der Waals surface area (Å²) >= 11 is 0. The zero-order valence-corrected chi connectivity index (χ0v) is 20.9. The van der Waals surface area contributed by atoms with Crippen LogP contribution in [0.1, 0.15) is 31.9 Å². The summed E-state index contributed by atoms with van der Waals surface area (Å²) in [6.45, 7) is 14.4. The van der Waals surface area contributed by atoms with Gasteiger partial charge in [-0.05, 0) is 78.1 Å². The molecular formula is C33H33N. The fraction of sp³-hybridized carbons (Fsp3) is 0.152. The minimum atomic E-state index is 1.19. The second-order valence-corrected chi connectivity index (χ2v) is 8.43. The minimum Gasteiger partial charge on any atom is -0.310 e. The molecule has 0 fully saturated rings. The van der Waals surface area contributed by atoms with Gasteiger partial charge in [-0.1, -0.05) is 93.3 Å². The largest absolute Gasteiger partial charge is 0.310 e. The monoisotopic (exact) mass is 443 g/mol. The standard InChI is InChI=1S/C31H27N.C2H6/c1-5-10-28-29-20-24(27-14-9-12-23-11-7-8-13-26(23)27)15-16-31(29)32(30(28)6-2)25-18-21(3)17-22(4)19-25;1-2/h5-20H,1H2,2-4H3;1-2H3/b28-10-,30-6+;. The fourth-order valence-corrected chi connectivity index (χ4v) is 4.92. The van der Waals surface area contributed by atoms with Crippen LogP contribution < -0.4 is 10.6 Å². The van der Waals surface area contributed by atoms with E-state index in [1.807, 2.05) is 19.9 Å². The third kappa shape index (κ3) is 4.10. The number of aryl methyl sites for hydroxylation is 2. The Morgan fingerprint density at radius 3 is 2.18 bits per heavy atom. The van der Waals surface area contributed by atoms with Gasteiger partial charge >= 0.3 is 0 Å². The first-order chi connectivity index (χ1) is 16.6. The molecule has 5 rings (SSSR count). The Kier molecular flexibility index (Phi) is 6.84. The van der Waals surface area contributed by atoms with E-state index in [1.54, 1.807) is 0 Å². The van der Waals surface area contributed by atoms with Crippen molar-refractivity contribution in [2.45, 2.75) is 34.6 Å². The van der Waals surface area contributed by atoms with Gasteiger partial charge in [0.2, 0.25) is 0 Å². The summed E-state index contributed by atoms with van der Waals surface area (Å²) < 4.78 is 2.37. The highest BCUT2D eigenvalue weighted by molar-refractivity contribution is 5.99. The second-order valence-electron chi connectivity index (χ2n) is 8.43. The lowest BCUT2D eigenvalue weighted by molar-refractivity contribution is 1.06. The molecule has 0 aliphatic carbocycles. The fourth-order valence-electron chi connectivity index (χ4n) is 4.92. The van der Waals surface area contributed by atoms with Crippen molar-refractivity contribution in [3.8, 4) is 16.8 Å². The molecule has 0 amide bonds. The zero-order valence-electron chi connectivity index (χ0n) is 20.9. The molecule has 0 radical (unpaired) electrons. The van der Waals surface area contributed by atoms with Crippen LogP contribution in [0.5, 0.6) is 0 Å². The van der Waals surface area contributed by atoms with Crippen LogP contribution in [-0.4, -0.2) is 4.57 Å². The molecule has 34 heavy (non-hydrogen) atoms. The predicted molar refractivity (Wildman–Crippen MR) is 151 cm³/mol. The van der Waals surface area contributed by atoms with Gasteiger partial charge in [-0.3, -0.25) is 0 Å². The van der Waals surface area contributed by atoms with Gasteiger partial charge in [0.15, 0.2) is 0 Å². The van der Waals surface area contributed by atoms with Crippen molar-refractivity contribution >= 4 is 33.8 Å². The molecule has 1 heterocycles. The Labute approximate surface area is 203 Å². The number of fused-ring (bicyclic) bond motifs is 2. The molecule has 0 saturated carbocycles. The van der Waals surface area contributed by atoms with Crippen molar-refractivity contribution in [1.29, 1.82) is 0 Å². The molecular weight excluding hydrogens is 410 g/mol. The van der Waals surface area contributed by atoms with Crippen LogP contribution in [0.4, 0.5) is 0 Å². The van der Waals surface area contributed by atoms with Crippen LogP contribution in [0.2, 0.25) is 0 Å². The van der Waals surface area contributed by atoms with E-state index in [0.29, 0.717) is 0 Å². The van der Waals surface area contributed by atoms with Gasteiger partial charge in [-0.2, -0.15) is 0 Å². The maximum Gasteiger partial charge on any atom is 0.0541 e. The van der Waals surface area contributed by atoms with Crippen LogP contribution in [0, 0.1) is 13.8 Å². The lowest BCUT2D eigenvalue weighted by Gasteiger charge is -2.11. The number of nitrogens with zero attached hydrogens (tertiary/aromatic N) is 1. The van der Waals surface area contributed by atoms with E-state index in [1.165, 1.54) is 60.2 Å².